The first-order valence-corrected chi connectivity index (χ1v) is 7.87. The van der Waals surface area contributed by atoms with Crippen molar-refractivity contribution in [3.05, 3.63) is 42.5 Å². The Bertz CT molecular complexity index is 674. The maximum atomic E-state index is 8.46. The number of fused-ring (bicyclic) bond motifs is 1. The van der Waals surface area contributed by atoms with Gasteiger partial charge in [0, 0.05) is 19.6 Å². The third kappa shape index (κ3) is 2.81. The quantitative estimate of drug-likeness (QED) is 0.842. The van der Waals surface area contributed by atoms with Gasteiger partial charge in [-0.1, -0.05) is 24.6 Å². The van der Waals surface area contributed by atoms with Crippen molar-refractivity contribution in [3.63, 3.8) is 0 Å². The predicted octanol–water partition coefficient (Wildman–Crippen LogP) is 2.59. The number of piperidine rings is 1. The summed E-state index contributed by atoms with van der Waals surface area (Å²) in [5.41, 5.74) is 2.86. The van der Waals surface area contributed by atoms with E-state index < -0.39 is 0 Å². The van der Waals surface area contributed by atoms with E-state index in [0.29, 0.717) is 12.2 Å². The summed E-state index contributed by atoms with van der Waals surface area (Å²) >= 11 is 0. The fourth-order valence-corrected chi connectivity index (χ4v) is 3.26. The molecule has 0 aliphatic carbocycles. The first-order chi connectivity index (χ1) is 10.3. The molecule has 1 N–H and O–H groups in total. The summed E-state index contributed by atoms with van der Waals surface area (Å²) < 4.78 is 4.16. The molecule has 0 atom stereocenters. The molecule has 1 aliphatic rings. The summed E-state index contributed by atoms with van der Waals surface area (Å²) in [5, 5.41) is 8.46. The van der Waals surface area contributed by atoms with Crippen LogP contribution in [0.2, 0.25) is 0 Å². The SMILES string of the molecule is C=CCn1c(=N)n(CCN2CCCCC2)c2ccccc21. The highest BCUT2D eigenvalue weighted by Gasteiger charge is 2.13. The van der Waals surface area contributed by atoms with Crippen LogP contribution in [-0.4, -0.2) is 33.7 Å². The molecule has 0 spiro atoms. The first kappa shape index (κ1) is 14.1. The van der Waals surface area contributed by atoms with Gasteiger partial charge in [-0.05, 0) is 38.1 Å². The highest BCUT2D eigenvalue weighted by atomic mass is 15.2. The van der Waals surface area contributed by atoms with E-state index in [1.807, 2.05) is 16.7 Å². The lowest BCUT2D eigenvalue weighted by molar-refractivity contribution is 0.220. The molecule has 0 saturated carbocycles. The monoisotopic (exact) mass is 284 g/mol. The second-order valence-corrected chi connectivity index (χ2v) is 5.77. The van der Waals surface area contributed by atoms with Crippen LogP contribution in [0.1, 0.15) is 19.3 Å². The van der Waals surface area contributed by atoms with Gasteiger partial charge < -0.3 is 14.0 Å². The van der Waals surface area contributed by atoms with Gasteiger partial charge in [0.15, 0.2) is 0 Å². The van der Waals surface area contributed by atoms with E-state index in [4.69, 9.17) is 5.41 Å². The third-order valence-electron chi connectivity index (χ3n) is 4.37. The smallest absolute Gasteiger partial charge is 0.203 e. The van der Waals surface area contributed by atoms with Gasteiger partial charge in [0.05, 0.1) is 11.0 Å². The van der Waals surface area contributed by atoms with Gasteiger partial charge in [-0.3, -0.25) is 5.41 Å². The van der Waals surface area contributed by atoms with Crippen molar-refractivity contribution in [3.8, 4) is 0 Å². The molecule has 2 heterocycles. The molecule has 112 valence electrons. The van der Waals surface area contributed by atoms with E-state index in [9.17, 15) is 0 Å². The zero-order chi connectivity index (χ0) is 14.7. The number of hydrogen-bond acceptors (Lipinski definition) is 2. The molecule has 1 fully saturated rings. The van der Waals surface area contributed by atoms with Crippen molar-refractivity contribution in [2.75, 3.05) is 19.6 Å². The number of para-hydroxylation sites is 2. The lowest BCUT2D eigenvalue weighted by atomic mass is 10.1. The number of imidazole rings is 1. The van der Waals surface area contributed by atoms with E-state index in [1.54, 1.807) is 0 Å². The molecule has 0 radical (unpaired) electrons. The molecule has 1 aromatic heterocycles. The minimum absolute atomic E-state index is 0.577. The summed E-state index contributed by atoms with van der Waals surface area (Å²) in [5.74, 6) is 0. The van der Waals surface area contributed by atoms with Crippen LogP contribution in [0.3, 0.4) is 0 Å². The number of likely N-dealkylation sites (tertiary alicyclic amines) is 1. The van der Waals surface area contributed by atoms with E-state index in [0.717, 1.165) is 24.1 Å². The van der Waals surface area contributed by atoms with Crippen LogP contribution < -0.4 is 5.62 Å². The number of nitrogens with one attached hydrogen (secondary N) is 1. The zero-order valence-corrected chi connectivity index (χ0v) is 12.6. The summed E-state index contributed by atoms with van der Waals surface area (Å²) in [4.78, 5) is 2.52. The highest BCUT2D eigenvalue weighted by Crippen LogP contribution is 2.14. The first-order valence-electron chi connectivity index (χ1n) is 7.87. The number of allylic oxidation sites excluding steroid dienone is 1. The maximum absolute atomic E-state index is 8.46. The van der Waals surface area contributed by atoms with Gasteiger partial charge >= 0.3 is 0 Å². The van der Waals surface area contributed by atoms with E-state index >= 15 is 0 Å². The van der Waals surface area contributed by atoms with Crippen molar-refractivity contribution in [1.82, 2.24) is 14.0 Å². The predicted molar refractivity (Wildman–Crippen MR) is 86.3 cm³/mol. The Kier molecular flexibility index (Phi) is 4.25. The van der Waals surface area contributed by atoms with Gasteiger partial charge in [-0.15, -0.1) is 6.58 Å². The van der Waals surface area contributed by atoms with Crippen molar-refractivity contribution < 1.29 is 0 Å². The third-order valence-corrected chi connectivity index (χ3v) is 4.37. The average molecular weight is 284 g/mol. The van der Waals surface area contributed by atoms with Crippen molar-refractivity contribution in [2.45, 2.75) is 32.4 Å². The average Bonchev–Trinajstić information content (AvgIpc) is 2.79. The van der Waals surface area contributed by atoms with Crippen LogP contribution in [0.25, 0.3) is 11.0 Å². The van der Waals surface area contributed by atoms with Gasteiger partial charge in [-0.2, -0.15) is 0 Å². The number of aromatic nitrogens is 2. The van der Waals surface area contributed by atoms with Crippen molar-refractivity contribution in [2.24, 2.45) is 0 Å². The molecule has 3 rings (SSSR count). The van der Waals surface area contributed by atoms with Crippen LogP contribution >= 0.6 is 0 Å². The van der Waals surface area contributed by atoms with Gasteiger partial charge in [-0.25, -0.2) is 0 Å². The molecule has 0 amide bonds. The Morgan fingerprint density at radius 2 is 1.67 bits per heavy atom. The molecule has 1 aromatic carbocycles. The molecular formula is C17H24N4. The second kappa shape index (κ2) is 6.31. The molecule has 4 heteroatoms. The molecule has 0 unspecified atom stereocenters. The highest BCUT2D eigenvalue weighted by molar-refractivity contribution is 5.75. The minimum atomic E-state index is 0.577. The Morgan fingerprint density at radius 3 is 2.33 bits per heavy atom. The molecule has 1 saturated heterocycles. The molecule has 21 heavy (non-hydrogen) atoms. The second-order valence-electron chi connectivity index (χ2n) is 5.77. The van der Waals surface area contributed by atoms with Gasteiger partial charge in [0.25, 0.3) is 0 Å². The molecular weight excluding hydrogens is 260 g/mol. The number of benzene rings is 1. The Hall–Kier alpha value is -1.81. The molecule has 1 aliphatic heterocycles. The lowest BCUT2D eigenvalue weighted by Crippen LogP contribution is -2.35. The standard InChI is InChI=1S/C17H24N4/c1-2-10-20-15-8-4-5-9-16(15)21(17(20)18)14-13-19-11-6-3-7-12-19/h2,4-5,8-9,18H,1,3,6-7,10-14H2. The molecule has 4 nitrogen and oxygen atoms in total. The van der Waals surface area contributed by atoms with Crippen molar-refractivity contribution >= 4 is 11.0 Å². The molecule has 2 aromatic rings. The van der Waals surface area contributed by atoms with Gasteiger partial charge in [0.1, 0.15) is 0 Å². The summed E-state index contributed by atoms with van der Waals surface area (Å²) in [6, 6.07) is 8.30. The number of nitrogens with zero attached hydrogens (tertiary/aromatic N) is 3. The Morgan fingerprint density at radius 1 is 1.00 bits per heavy atom. The van der Waals surface area contributed by atoms with Crippen LogP contribution in [0, 0.1) is 5.41 Å². The fraction of sp³-hybridized carbons (Fsp3) is 0.471. The van der Waals surface area contributed by atoms with E-state index in [1.165, 1.54) is 32.4 Å². The van der Waals surface area contributed by atoms with Crippen LogP contribution in [0.4, 0.5) is 0 Å². The summed E-state index contributed by atoms with van der Waals surface area (Å²) in [7, 11) is 0. The Balaban J connectivity index is 1.88. The van der Waals surface area contributed by atoms with Crippen LogP contribution in [0.5, 0.6) is 0 Å². The van der Waals surface area contributed by atoms with Gasteiger partial charge in [0.2, 0.25) is 5.62 Å². The van der Waals surface area contributed by atoms with E-state index in [-0.39, 0.29) is 0 Å². The fourth-order valence-electron chi connectivity index (χ4n) is 3.26. The number of hydrogen-bond donors (Lipinski definition) is 1. The van der Waals surface area contributed by atoms with Crippen LogP contribution in [0.15, 0.2) is 36.9 Å². The molecule has 0 bridgehead atoms. The topological polar surface area (TPSA) is 37.0 Å². The summed E-state index contributed by atoms with van der Waals surface area (Å²) in [6.07, 6.45) is 5.86. The van der Waals surface area contributed by atoms with Crippen LogP contribution in [-0.2, 0) is 13.1 Å². The number of rotatable bonds is 5. The maximum Gasteiger partial charge on any atom is 0.203 e. The summed E-state index contributed by atoms with van der Waals surface area (Å²) in [6.45, 7) is 8.85. The van der Waals surface area contributed by atoms with Crippen molar-refractivity contribution in [1.29, 1.82) is 5.41 Å². The Labute approximate surface area is 125 Å². The normalized spacial score (nSPS) is 16.4. The van der Waals surface area contributed by atoms with E-state index in [2.05, 4.69) is 34.2 Å². The zero-order valence-electron chi connectivity index (χ0n) is 12.6. The minimum Gasteiger partial charge on any atom is -0.309 e. The largest absolute Gasteiger partial charge is 0.309 e. The lowest BCUT2D eigenvalue weighted by Gasteiger charge is -2.26.